The van der Waals surface area contributed by atoms with E-state index in [1.54, 1.807) is 20.3 Å². The lowest BCUT2D eigenvalue weighted by molar-refractivity contribution is 0.410. The number of nitrogen functional groups attached to an aromatic ring is 1. The predicted molar refractivity (Wildman–Crippen MR) is 116 cm³/mol. The van der Waals surface area contributed by atoms with Crippen molar-refractivity contribution >= 4 is 16.7 Å². The third-order valence-corrected chi connectivity index (χ3v) is 4.90. The summed E-state index contributed by atoms with van der Waals surface area (Å²) in [5.41, 5.74) is 12.1. The first kappa shape index (κ1) is 18.7. The van der Waals surface area contributed by atoms with Crippen LogP contribution in [0.5, 0.6) is 11.5 Å². The van der Waals surface area contributed by atoms with Crippen molar-refractivity contribution in [2.24, 2.45) is 0 Å². The average molecular weight is 385 g/mol. The Morgan fingerprint density at radius 2 is 1.24 bits per heavy atom. The molecule has 0 bridgehead atoms. The number of hydrogen-bond acceptors (Lipinski definition) is 5. The van der Waals surface area contributed by atoms with Gasteiger partial charge in [-0.25, -0.2) is 9.97 Å². The maximum absolute atomic E-state index is 6.17. The van der Waals surface area contributed by atoms with Gasteiger partial charge in [-0.15, -0.1) is 0 Å². The molecule has 0 aliphatic heterocycles. The Morgan fingerprint density at radius 3 is 1.72 bits per heavy atom. The van der Waals surface area contributed by atoms with Gasteiger partial charge in [0.05, 0.1) is 31.3 Å². The fraction of sp³-hybridized carbons (Fsp3) is 0.167. The maximum Gasteiger partial charge on any atom is 0.169 e. The Balaban J connectivity index is 1.92. The predicted octanol–water partition coefficient (Wildman–Crippen LogP) is 4.41. The molecule has 0 aliphatic carbocycles. The topological polar surface area (TPSA) is 70.3 Å². The van der Waals surface area contributed by atoms with E-state index < -0.39 is 0 Å². The number of rotatable bonds is 6. The van der Waals surface area contributed by atoms with Crippen molar-refractivity contribution in [2.75, 3.05) is 20.0 Å². The number of methoxy groups -OCH3 is 2. The van der Waals surface area contributed by atoms with E-state index in [-0.39, 0.29) is 0 Å². The zero-order valence-corrected chi connectivity index (χ0v) is 16.6. The number of aromatic nitrogens is 2. The van der Waals surface area contributed by atoms with Gasteiger partial charge in [-0.2, -0.15) is 0 Å². The summed E-state index contributed by atoms with van der Waals surface area (Å²) in [7, 11) is 3.20. The molecule has 0 saturated carbocycles. The first-order chi connectivity index (χ1) is 14.2. The summed E-state index contributed by atoms with van der Waals surface area (Å²) in [4.78, 5) is 9.92. The first-order valence-corrected chi connectivity index (χ1v) is 9.47. The molecule has 146 valence electrons. The Bertz CT molecular complexity index is 1130. The number of hydrogen-bond donors (Lipinski definition) is 1. The molecule has 4 aromatic rings. The van der Waals surface area contributed by atoms with Crippen molar-refractivity contribution in [3.8, 4) is 11.5 Å². The fourth-order valence-corrected chi connectivity index (χ4v) is 3.48. The molecule has 3 aromatic carbocycles. The van der Waals surface area contributed by atoms with Gasteiger partial charge in [-0.3, -0.25) is 0 Å². The van der Waals surface area contributed by atoms with Crippen molar-refractivity contribution in [1.29, 1.82) is 0 Å². The summed E-state index contributed by atoms with van der Waals surface area (Å²) in [5, 5.41) is 0. The van der Waals surface area contributed by atoms with E-state index in [0.29, 0.717) is 41.1 Å². The van der Waals surface area contributed by atoms with Gasteiger partial charge in [0.1, 0.15) is 16.8 Å². The molecule has 0 radical (unpaired) electrons. The molecule has 0 fully saturated rings. The molecule has 29 heavy (non-hydrogen) atoms. The SMILES string of the molecule is COc1cc(N)c(OC)c2nc(Cc3ccccc3)c(Cc3ccccc3)nc12. The average Bonchev–Trinajstić information content (AvgIpc) is 2.75. The number of nitrogens with zero attached hydrogens (tertiary/aromatic N) is 2. The van der Waals surface area contributed by atoms with Crippen molar-refractivity contribution in [1.82, 2.24) is 9.97 Å². The molecule has 5 heteroatoms. The third-order valence-electron chi connectivity index (χ3n) is 4.90. The van der Waals surface area contributed by atoms with Crippen LogP contribution >= 0.6 is 0 Å². The second kappa shape index (κ2) is 8.19. The molecule has 0 saturated heterocycles. The van der Waals surface area contributed by atoms with E-state index in [0.717, 1.165) is 11.4 Å². The summed E-state index contributed by atoms with van der Waals surface area (Å²) in [6.45, 7) is 0. The molecule has 4 rings (SSSR count). The molecule has 1 heterocycles. The van der Waals surface area contributed by atoms with Gasteiger partial charge in [-0.1, -0.05) is 60.7 Å². The van der Waals surface area contributed by atoms with E-state index in [9.17, 15) is 0 Å². The number of fused-ring (bicyclic) bond motifs is 1. The van der Waals surface area contributed by atoms with Gasteiger partial charge in [0, 0.05) is 18.9 Å². The molecule has 0 spiro atoms. The van der Waals surface area contributed by atoms with Crippen molar-refractivity contribution in [3.05, 3.63) is 89.2 Å². The fourth-order valence-electron chi connectivity index (χ4n) is 3.48. The van der Waals surface area contributed by atoms with Crippen molar-refractivity contribution in [2.45, 2.75) is 12.8 Å². The molecule has 1 aromatic heterocycles. The van der Waals surface area contributed by atoms with Crippen LogP contribution in [0.4, 0.5) is 5.69 Å². The summed E-state index contributed by atoms with van der Waals surface area (Å²) < 4.78 is 11.1. The third kappa shape index (κ3) is 3.85. The highest BCUT2D eigenvalue weighted by atomic mass is 16.5. The maximum atomic E-state index is 6.17. The number of ether oxygens (including phenoxy) is 2. The van der Waals surface area contributed by atoms with Crippen LogP contribution in [0.15, 0.2) is 66.7 Å². The van der Waals surface area contributed by atoms with E-state index in [2.05, 4.69) is 24.3 Å². The quantitative estimate of drug-likeness (QED) is 0.498. The van der Waals surface area contributed by atoms with Gasteiger partial charge in [0.2, 0.25) is 0 Å². The monoisotopic (exact) mass is 385 g/mol. The van der Waals surface area contributed by atoms with Crippen molar-refractivity contribution < 1.29 is 9.47 Å². The summed E-state index contributed by atoms with van der Waals surface area (Å²) >= 11 is 0. The van der Waals surface area contributed by atoms with Crippen molar-refractivity contribution in [3.63, 3.8) is 0 Å². The second-order valence-corrected chi connectivity index (χ2v) is 6.84. The summed E-state index contributed by atoms with van der Waals surface area (Å²) in [6, 6.07) is 22.3. The number of nitrogens with two attached hydrogens (primary N) is 1. The van der Waals surface area contributed by atoms with Gasteiger partial charge in [0.15, 0.2) is 5.75 Å². The minimum atomic E-state index is 0.479. The van der Waals surface area contributed by atoms with Crippen LogP contribution in [-0.2, 0) is 12.8 Å². The summed E-state index contributed by atoms with van der Waals surface area (Å²) in [5.74, 6) is 1.11. The van der Waals surface area contributed by atoms with E-state index in [4.69, 9.17) is 25.2 Å². The zero-order valence-electron chi connectivity index (χ0n) is 16.6. The molecule has 2 N–H and O–H groups in total. The van der Waals surface area contributed by atoms with Crippen LogP contribution in [0.2, 0.25) is 0 Å². The normalized spacial score (nSPS) is 10.8. The molecular weight excluding hydrogens is 362 g/mol. The highest BCUT2D eigenvalue weighted by molar-refractivity contribution is 5.92. The lowest BCUT2D eigenvalue weighted by Crippen LogP contribution is -2.07. The highest BCUT2D eigenvalue weighted by Gasteiger charge is 2.19. The standard InChI is InChI=1S/C24H23N3O2/c1-28-21-15-18(25)24(29-2)23-22(21)26-19(13-16-9-5-3-6-10-16)20(27-23)14-17-11-7-4-8-12-17/h3-12,15H,13-14,25H2,1-2H3. The molecule has 0 aliphatic rings. The van der Waals surface area contributed by atoms with Gasteiger partial charge >= 0.3 is 0 Å². The van der Waals surface area contributed by atoms with Crippen LogP contribution in [0.25, 0.3) is 11.0 Å². The second-order valence-electron chi connectivity index (χ2n) is 6.84. The molecule has 0 unspecified atom stereocenters. The lowest BCUT2D eigenvalue weighted by atomic mass is 10.0. The smallest absolute Gasteiger partial charge is 0.169 e. The minimum Gasteiger partial charge on any atom is -0.494 e. The Morgan fingerprint density at radius 1 is 0.724 bits per heavy atom. The van der Waals surface area contributed by atoms with Crippen LogP contribution in [0.3, 0.4) is 0 Å². The Labute approximate surface area is 170 Å². The van der Waals surface area contributed by atoms with E-state index in [1.165, 1.54) is 11.1 Å². The molecule has 0 atom stereocenters. The lowest BCUT2D eigenvalue weighted by Gasteiger charge is -2.15. The van der Waals surface area contributed by atoms with Crippen LogP contribution in [-0.4, -0.2) is 24.2 Å². The van der Waals surface area contributed by atoms with Gasteiger partial charge < -0.3 is 15.2 Å². The highest BCUT2D eigenvalue weighted by Crippen LogP contribution is 2.37. The minimum absolute atomic E-state index is 0.479. The molecular formula is C24H23N3O2. The van der Waals surface area contributed by atoms with Crippen LogP contribution in [0.1, 0.15) is 22.5 Å². The number of anilines is 1. The van der Waals surface area contributed by atoms with Gasteiger partial charge in [-0.05, 0) is 11.1 Å². The summed E-state index contributed by atoms with van der Waals surface area (Å²) in [6.07, 6.45) is 1.36. The Hall–Kier alpha value is -3.60. The largest absolute Gasteiger partial charge is 0.494 e. The Kier molecular flexibility index (Phi) is 5.29. The van der Waals surface area contributed by atoms with E-state index >= 15 is 0 Å². The molecule has 0 amide bonds. The van der Waals surface area contributed by atoms with Gasteiger partial charge in [0.25, 0.3) is 0 Å². The van der Waals surface area contributed by atoms with Crippen LogP contribution in [0, 0.1) is 0 Å². The molecule has 5 nitrogen and oxygen atoms in total. The number of benzene rings is 3. The zero-order chi connectivity index (χ0) is 20.2. The van der Waals surface area contributed by atoms with Crippen LogP contribution < -0.4 is 15.2 Å². The first-order valence-electron chi connectivity index (χ1n) is 9.47. The van der Waals surface area contributed by atoms with E-state index in [1.807, 2.05) is 36.4 Å².